The molecule has 0 radical (unpaired) electrons. The second-order valence-electron chi connectivity index (χ2n) is 2.94. The molecule has 1 rings (SSSR count). The summed E-state index contributed by atoms with van der Waals surface area (Å²) in [5.41, 5.74) is 2.32. The molecule has 0 atom stereocenters. The molecule has 0 aliphatic heterocycles. The molecule has 0 saturated carbocycles. The van der Waals surface area contributed by atoms with Crippen LogP contribution < -0.4 is 5.32 Å². The first kappa shape index (κ1) is 10.7. The number of aryl methyl sites for hydroxylation is 2. The predicted octanol–water partition coefficient (Wildman–Crippen LogP) is 2.39. The van der Waals surface area contributed by atoms with E-state index in [4.69, 9.17) is 11.6 Å². The number of carbonyl (C=O) groups is 1. The molecular formula is C10H11ClN2O. The fourth-order valence-electron chi connectivity index (χ4n) is 1.01. The molecule has 0 saturated heterocycles. The highest BCUT2D eigenvalue weighted by Gasteiger charge is 2.06. The Morgan fingerprint density at radius 2 is 2.14 bits per heavy atom. The lowest BCUT2D eigenvalue weighted by molar-refractivity contribution is -0.112. The lowest BCUT2D eigenvalue weighted by Crippen LogP contribution is -2.12. The van der Waals surface area contributed by atoms with Crippen LogP contribution >= 0.6 is 11.6 Å². The molecule has 4 heteroatoms. The van der Waals surface area contributed by atoms with Crippen LogP contribution in [0.1, 0.15) is 11.4 Å². The third-order valence-corrected chi connectivity index (χ3v) is 1.89. The Kier molecular flexibility index (Phi) is 3.25. The zero-order valence-electron chi connectivity index (χ0n) is 8.10. The van der Waals surface area contributed by atoms with Gasteiger partial charge in [0, 0.05) is 5.69 Å². The van der Waals surface area contributed by atoms with Crippen molar-refractivity contribution in [2.45, 2.75) is 13.8 Å². The number of halogens is 1. The number of nitrogens with zero attached hydrogens (tertiary/aromatic N) is 1. The van der Waals surface area contributed by atoms with Gasteiger partial charge in [0.05, 0.1) is 16.4 Å². The normalized spacial score (nSPS) is 9.64. The minimum absolute atomic E-state index is 0.0371. The average molecular weight is 211 g/mol. The maximum absolute atomic E-state index is 11.2. The highest BCUT2D eigenvalue weighted by Crippen LogP contribution is 2.13. The minimum Gasteiger partial charge on any atom is -0.320 e. The van der Waals surface area contributed by atoms with Gasteiger partial charge in [-0.3, -0.25) is 9.78 Å². The van der Waals surface area contributed by atoms with Crippen molar-refractivity contribution in [3.05, 3.63) is 35.1 Å². The summed E-state index contributed by atoms with van der Waals surface area (Å²) < 4.78 is 0. The topological polar surface area (TPSA) is 42.0 Å². The number of anilines is 1. The molecule has 1 heterocycles. The first-order valence-electron chi connectivity index (χ1n) is 4.10. The number of nitrogens with one attached hydrogen (secondary N) is 1. The third-order valence-electron chi connectivity index (χ3n) is 1.72. The summed E-state index contributed by atoms with van der Waals surface area (Å²) in [6.45, 7) is 7.04. The van der Waals surface area contributed by atoms with Crippen LogP contribution in [0.15, 0.2) is 23.7 Å². The van der Waals surface area contributed by atoms with E-state index in [1.807, 2.05) is 19.9 Å². The van der Waals surface area contributed by atoms with Gasteiger partial charge >= 0.3 is 0 Å². The van der Waals surface area contributed by atoms with E-state index >= 15 is 0 Å². The monoisotopic (exact) mass is 210 g/mol. The van der Waals surface area contributed by atoms with Gasteiger partial charge in [0.25, 0.3) is 5.91 Å². The van der Waals surface area contributed by atoms with Gasteiger partial charge in [-0.25, -0.2) is 0 Å². The largest absolute Gasteiger partial charge is 0.320 e. The van der Waals surface area contributed by atoms with Crippen molar-refractivity contribution < 1.29 is 4.79 Å². The van der Waals surface area contributed by atoms with Gasteiger partial charge in [0.1, 0.15) is 0 Å². The van der Waals surface area contributed by atoms with Gasteiger partial charge < -0.3 is 5.32 Å². The van der Waals surface area contributed by atoms with Crippen LogP contribution in [-0.2, 0) is 4.79 Å². The highest BCUT2D eigenvalue weighted by atomic mass is 35.5. The molecule has 74 valence electrons. The fraction of sp³-hybridized carbons (Fsp3) is 0.200. The number of amides is 1. The van der Waals surface area contributed by atoms with Crippen LogP contribution in [0.3, 0.4) is 0 Å². The first-order chi connectivity index (χ1) is 6.50. The molecule has 1 aromatic heterocycles. The summed E-state index contributed by atoms with van der Waals surface area (Å²) in [6, 6.07) is 3.61. The van der Waals surface area contributed by atoms with Crippen molar-refractivity contribution in [1.82, 2.24) is 4.98 Å². The van der Waals surface area contributed by atoms with Crippen molar-refractivity contribution in [2.24, 2.45) is 0 Å². The van der Waals surface area contributed by atoms with Crippen LogP contribution in [0.5, 0.6) is 0 Å². The van der Waals surface area contributed by atoms with Crippen molar-refractivity contribution in [2.75, 3.05) is 5.32 Å². The Balaban J connectivity index is 2.87. The Morgan fingerprint density at radius 1 is 1.50 bits per heavy atom. The van der Waals surface area contributed by atoms with Gasteiger partial charge in [-0.05, 0) is 26.0 Å². The van der Waals surface area contributed by atoms with E-state index in [9.17, 15) is 4.79 Å². The van der Waals surface area contributed by atoms with Crippen molar-refractivity contribution in [3.8, 4) is 0 Å². The Labute approximate surface area is 87.8 Å². The lowest BCUT2D eigenvalue weighted by Gasteiger charge is -2.06. The zero-order chi connectivity index (χ0) is 10.7. The first-order valence-corrected chi connectivity index (χ1v) is 4.48. The van der Waals surface area contributed by atoms with Gasteiger partial charge in [-0.1, -0.05) is 18.2 Å². The maximum atomic E-state index is 11.2. The third kappa shape index (κ3) is 2.57. The summed E-state index contributed by atoms with van der Waals surface area (Å²) in [6.07, 6.45) is 0. The quantitative estimate of drug-likeness (QED) is 0.762. The Hall–Kier alpha value is -1.35. The molecule has 0 fully saturated rings. The summed E-state index contributed by atoms with van der Waals surface area (Å²) in [5.74, 6) is -0.402. The number of rotatable bonds is 2. The Bertz CT molecular complexity index is 388. The van der Waals surface area contributed by atoms with E-state index in [1.54, 1.807) is 6.07 Å². The predicted molar refractivity (Wildman–Crippen MR) is 57.3 cm³/mol. The van der Waals surface area contributed by atoms with E-state index in [0.29, 0.717) is 5.69 Å². The molecule has 0 aliphatic carbocycles. The van der Waals surface area contributed by atoms with E-state index in [-0.39, 0.29) is 5.03 Å². The van der Waals surface area contributed by atoms with Crippen molar-refractivity contribution in [1.29, 1.82) is 0 Å². The molecule has 0 bridgehead atoms. The minimum atomic E-state index is -0.402. The number of hydrogen-bond acceptors (Lipinski definition) is 2. The summed E-state index contributed by atoms with van der Waals surface area (Å²) in [7, 11) is 0. The van der Waals surface area contributed by atoms with Gasteiger partial charge in [0.2, 0.25) is 0 Å². The molecule has 0 unspecified atom stereocenters. The van der Waals surface area contributed by atoms with Gasteiger partial charge in [-0.15, -0.1) is 0 Å². The van der Waals surface area contributed by atoms with Crippen LogP contribution in [0.2, 0.25) is 0 Å². The maximum Gasteiger partial charge on any atom is 0.266 e. The van der Waals surface area contributed by atoms with Gasteiger partial charge in [0.15, 0.2) is 0 Å². The van der Waals surface area contributed by atoms with Crippen LogP contribution in [0, 0.1) is 13.8 Å². The highest BCUT2D eigenvalue weighted by molar-refractivity contribution is 6.43. The molecule has 0 aromatic carbocycles. The number of pyridine rings is 1. The van der Waals surface area contributed by atoms with Crippen LogP contribution in [0.4, 0.5) is 5.69 Å². The van der Waals surface area contributed by atoms with Crippen LogP contribution in [-0.4, -0.2) is 10.9 Å². The standard InChI is InChI=1S/C10H11ClN2O/c1-6-4-5-9(8(3)12-6)13-10(14)7(2)11/h4-5H,2H2,1,3H3,(H,13,14). The summed E-state index contributed by atoms with van der Waals surface area (Å²) in [5, 5.41) is 2.57. The Morgan fingerprint density at radius 3 is 2.64 bits per heavy atom. The fourth-order valence-corrected chi connectivity index (χ4v) is 1.06. The second kappa shape index (κ2) is 4.24. The van der Waals surface area contributed by atoms with E-state index in [1.165, 1.54) is 0 Å². The lowest BCUT2D eigenvalue weighted by atomic mass is 10.2. The molecule has 14 heavy (non-hydrogen) atoms. The molecule has 3 nitrogen and oxygen atoms in total. The molecule has 1 N–H and O–H groups in total. The van der Waals surface area contributed by atoms with E-state index in [0.717, 1.165) is 11.4 Å². The second-order valence-corrected chi connectivity index (χ2v) is 3.40. The molecular weight excluding hydrogens is 200 g/mol. The molecule has 1 aromatic rings. The number of hydrogen-bond donors (Lipinski definition) is 1. The molecule has 0 aliphatic rings. The van der Waals surface area contributed by atoms with Crippen molar-refractivity contribution in [3.63, 3.8) is 0 Å². The average Bonchev–Trinajstić information content (AvgIpc) is 2.09. The van der Waals surface area contributed by atoms with Gasteiger partial charge in [-0.2, -0.15) is 0 Å². The number of aromatic nitrogens is 1. The summed E-state index contributed by atoms with van der Waals surface area (Å²) >= 11 is 5.43. The van der Waals surface area contributed by atoms with Crippen molar-refractivity contribution >= 4 is 23.2 Å². The van der Waals surface area contributed by atoms with Crippen LogP contribution in [0.25, 0.3) is 0 Å². The SMILES string of the molecule is C=C(Cl)C(=O)Nc1ccc(C)nc1C. The molecule has 1 amide bonds. The zero-order valence-corrected chi connectivity index (χ0v) is 8.85. The number of carbonyl (C=O) groups excluding carboxylic acids is 1. The van der Waals surface area contributed by atoms with E-state index in [2.05, 4.69) is 16.9 Å². The van der Waals surface area contributed by atoms with E-state index < -0.39 is 5.91 Å². The molecule has 0 spiro atoms. The smallest absolute Gasteiger partial charge is 0.266 e. The summed E-state index contributed by atoms with van der Waals surface area (Å²) in [4.78, 5) is 15.4.